The fraction of sp³-hybridized carbons (Fsp3) is 0.375. The third-order valence-electron chi connectivity index (χ3n) is 6.03. The van der Waals surface area contributed by atoms with E-state index in [9.17, 15) is 13.2 Å². The lowest BCUT2D eigenvalue weighted by Gasteiger charge is -2.30. The van der Waals surface area contributed by atoms with Crippen molar-refractivity contribution in [3.05, 3.63) is 69.9 Å². The predicted octanol–water partition coefficient (Wildman–Crippen LogP) is 5.46. The molecule has 0 N–H and O–H groups in total. The van der Waals surface area contributed by atoms with Gasteiger partial charge in [-0.1, -0.05) is 38.1 Å². The first kappa shape index (κ1) is 21.1. The number of hydrogen-bond acceptors (Lipinski definition) is 4. The van der Waals surface area contributed by atoms with Crippen molar-refractivity contribution in [1.82, 2.24) is 4.57 Å². The Morgan fingerprint density at radius 3 is 2.50 bits per heavy atom. The van der Waals surface area contributed by atoms with E-state index >= 15 is 0 Å². The van der Waals surface area contributed by atoms with Crippen molar-refractivity contribution in [2.45, 2.75) is 62.6 Å². The SMILES string of the molecule is CCn1c(C)c(Cc2ccccc2S(=O)(=O)c2cccs2)c2c1CC(C)(C)CC2=O. The monoisotopic (exact) mass is 441 g/mol. The van der Waals surface area contributed by atoms with Gasteiger partial charge >= 0.3 is 0 Å². The Morgan fingerprint density at radius 1 is 1.10 bits per heavy atom. The van der Waals surface area contributed by atoms with Gasteiger partial charge in [0, 0.05) is 36.3 Å². The average Bonchev–Trinajstić information content (AvgIpc) is 3.29. The third kappa shape index (κ3) is 3.46. The van der Waals surface area contributed by atoms with Crippen molar-refractivity contribution < 1.29 is 13.2 Å². The molecule has 2 heterocycles. The molecule has 4 rings (SSSR count). The summed E-state index contributed by atoms with van der Waals surface area (Å²) in [6, 6.07) is 10.6. The summed E-state index contributed by atoms with van der Waals surface area (Å²) in [6.07, 6.45) is 1.82. The Balaban J connectivity index is 1.85. The second kappa shape index (κ2) is 7.50. The van der Waals surface area contributed by atoms with Crippen LogP contribution in [-0.2, 0) is 29.2 Å². The number of aromatic nitrogens is 1. The molecule has 158 valence electrons. The zero-order valence-corrected chi connectivity index (χ0v) is 19.5. The van der Waals surface area contributed by atoms with Crippen molar-refractivity contribution in [3.8, 4) is 0 Å². The van der Waals surface area contributed by atoms with Crippen LogP contribution in [-0.4, -0.2) is 18.8 Å². The highest BCUT2D eigenvalue weighted by Gasteiger charge is 2.36. The first-order valence-corrected chi connectivity index (χ1v) is 12.6. The summed E-state index contributed by atoms with van der Waals surface area (Å²) in [5.74, 6) is 0.171. The molecule has 0 atom stereocenters. The van der Waals surface area contributed by atoms with E-state index in [1.165, 1.54) is 11.3 Å². The summed E-state index contributed by atoms with van der Waals surface area (Å²) < 4.78 is 29.0. The molecule has 0 amide bonds. The van der Waals surface area contributed by atoms with Gasteiger partial charge in [-0.3, -0.25) is 4.79 Å². The lowest BCUT2D eigenvalue weighted by Crippen LogP contribution is -2.28. The Kier molecular flexibility index (Phi) is 5.27. The van der Waals surface area contributed by atoms with Gasteiger partial charge in [0.1, 0.15) is 4.21 Å². The van der Waals surface area contributed by atoms with Gasteiger partial charge in [0.2, 0.25) is 9.84 Å². The number of carbonyl (C=O) groups is 1. The summed E-state index contributed by atoms with van der Waals surface area (Å²) in [5.41, 5.74) is 4.64. The summed E-state index contributed by atoms with van der Waals surface area (Å²) in [7, 11) is -3.58. The number of sulfone groups is 1. The van der Waals surface area contributed by atoms with Crippen LogP contribution in [0.2, 0.25) is 0 Å². The number of rotatable bonds is 5. The van der Waals surface area contributed by atoms with Gasteiger partial charge in [-0.15, -0.1) is 11.3 Å². The van der Waals surface area contributed by atoms with Crippen molar-refractivity contribution >= 4 is 27.0 Å². The highest BCUT2D eigenvalue weighted by Crippen LogP contribution is 2.40. The molecule has 1 aliphatic rings. The van der Waals surface area contributed by atoms with Crippen LogP contribution < -0.4 is 0 Å². The zero-order valence-electron chi connectivity index (χ0n) is 17.9. The normalized spacial score (nSPS) is 15.9. The zero-order chi connectivity index (χ0) is 21.7. The summed E-state index contributed by atoms with van der Waals surface area (Å²) in [5, 5.41) is 1.78. The molecular formula is C24H27NO3S2. The minimum atomic E-state index is -3.58. The smallest absolute Gasteiger partial charge is 0.216 e. The van der Waals surface area contributed by atoms with Crippen molar-refractivity contribution in [2.24, 2.45) is 5.41 Å². The molecule has 0 bridgehead atoms. The average molecular weight is 442 g/mol. The molecule has 4 nitrogen and oxygen atoms in total. The van der Waals surface area contributed by atoms with E-state index in [4.69, 9.17) is 0 Å². The Labute approximate surface area is 182 Å². The second-order valence-corrected chi connectivity index (χ2v) is 11.9. The summed E-state index contributed by atoms with van der Waals surface area (Å²) in [4.78, 5) is 13.5. The van der Waals surface area contributed by atoms with Crippen LogP contribution in [0.1, 0.15) is 60.1 Å². The molecule has 6 heteroatoms. The van der Waals surface area contributed by atoms with E-state index in [2.05, 4.69) is 25.3 Å². The first-order chi connectivity index (χ1) is 14.2. The molecule has 0 spiro atoms. The fourth-order valence-electron chi connectivity index (χ4n) is 4.68. The number of thiophene rings is 1. The lowest BCUT2D eigenvalue weighted by atomic mass is 9.75. The Morgan fingerprint density at radius 2 is 1.83 bits per heavy atom. The van der Waals surface area contributed by atoms with E-state index in [0.717, 1.165) is 41.0 Å². The maximum atomic E-state index is 13.2. The number of Topliss-reactive ketones (excluding diaryl/α,β-unsaturated/α-hetero) is 1. The van der Waals surface area contributed by atoms with Crippen molar-refractivity contribution in [2.75, 3.05) is 0 Å². The maximum Gasteiger partial charge on any atom is 0.216 e. The molecule has 3 aromatic rings. The minimum Gasteiger partial charge on any atom is -0.348 e. The highest BCUT2D eigenvalue weighted by molar-refractivity contribution is 7.93. The topological polar surface area (TPSA) is 56.1 Å². The van der Waals surface area contributed by atoms with Gasteiger partial charge in [-0.05, 0) is 54.3 Å². The minimum absolute atomic E-state index is 0.0561. The van der Waals surface area contributed by atoms with E-state index in [1.54, 1.807) is 29.6 Å². The highest BCUT2D eigenvalue weighted by atomic mass is 32.2. The quantitative estimate of drug-likeness (QED) is 0.528. The molecule has 0 unspecified atom stereocenters. The Hall–Kier alpha value is -2.18. The molecule has 30 heavy (non-hydrogen) atoms. The van der Waals surface area contributed by atoms with E-state index in [-0.39, 0.29) is 11.2 Å². The second-order valence-electron chi connectivity index (χ2n) is 8.79. The van der Waals surface area contributed by atoms with Crippen molar-refractivity contribution in [1.29, 1.82) is 0 Å². The molecular weight excluding hydrogens is 414 g/mol. The molecule has 0 aliphatic heterocycles. The van der Waals surface area contributed by atoms with Gasteiger partial charge in [0.15, 0.2) is 5.78 Å². The van der Waals surface area contributed by atoms with E-state index in [0.29, 0.717) is 21.9 Å². The van der Waals surface area contributed by atoms with Crippen LogP contribution in [0, 0.1) is 12.3 Å². The standard InChI is InChI=1S/C24H27NO3S2/c1-5-25-16(2)18(23-19(25)14-24(3,4)15-20(23)26)13-17-9-6-7-10-21(17)30(27,28)22-11-8-12-29-22/h6-12H,5,13-15H2,1-4H3. The van der Waals surface area contributed by atoms with Crippen LogP contribution in [0.25, 0.3) is 0 Å². The van der Waals surface area contributed by atoms with Gasteiger partial charge in [0.05, 0.1) is 4.90 Å². The summed E-state index contributed by atoms with van der Waals surface area (Å²) >= 11 is 1.23. The van der Waals surface area contributed by atoms with Crippen LogP contribution in [0.3, 0.4) is 0 Å². The molecule has 1 aromatic carbocycles. The van der Waals surface area contributed by atoms with Crippen LogP contribution in [0.5, 0.6) is 0 Å². The van der Waals surface area contributed by atoms with Gasteiger partial charge in [0.25, 0.3) is 0 Å². The number of ketones is 1. The summed E-state index contributed by atoms with van der Waals surface area (Å²) in [6.45, 7) is 9.22. The number of fused-ring (bicyclic) bond motifs is 1. The largest absolute Gasteiger partial charge is 0.348 e. The van der Waals surface area contributed by atoms with Gasteiger partial charge in [-0.25, -0.2) is 8.42 Å². The van der Waals surface area contributed by atoms with E-state index < -0.39 is 9.84 Å². The maximum absolute atomic E-state index is 13.2. The van der Waals surface area contributed by atoms with Crippen molar-refractivity contribution in [3.63, 3.8) is 0 Å². The number of carbonyl (C=O) groups excluding carboxylic acids is 1. The van der Waals surface area contributed by atoms with Gasteiger partial charge in [-0.2, -0.15) is 0 Å². The lowest BCUT2D eigenvalue weighted by molar-refractivity contribution is 0.0909. The Bertz CT molecular complexity index is 1220. The van der Waals surface area contributed by atoms with Gasteiger partial charge < -0.3 is 4.57 Å². The van der Waals surface area contributed by atoms with Crippen LogP contribution in [0.4, 0.5) is 0 Å². The van der Waals surface area contributed by atoms with Crippen LogP contribution in [0.15, 0.2) is 50.9 Å². The molecule has 1 aliphatic carbocycles. The molecule has 0 fully saturated rings. The predicted molar refractivity (Wildman–Crippen MR) is 120 cm³/mol. The molecule has 0 radical (unpaired) electrons. The fourth-order valence-corrected chi connectivity index (χ4v) is 7.29. The number of hydrogen-bond donors (Lipinski definition) is 0. The van der Waals surface area contributed by atoms with E-state index in [1.807, 2.05) is 19.1 Å². The first-order valence-electron chi connectivity index (χ1n) is 10.3. The molecule has 0 saturated carbocycles. The number of nitrogens with zero attached hydrogens (tertiary/aromatic N) is 1. The third-order valence-corrected chi connectivity index (χ3v) is 9.28. The molecule has 0 saturated heterocycles. The van der Waals surface area contributed by atoms with Crippen LogP contribution >= 0.6 is 11.3 Å². The molecule has 2 aromatic heterocycles. The number of benzene rings is 1.